The van der Waals surface area contributed by atoms with Crippen molar-refractivity contribution in [3.05, 3.63) is 126 Å². The number of phenolic OH excluding ortho intramolecular Hbond substituents is 13. The van der Waals surface area contributed by atoms with E-state index in [1.807, 2.05) is 48.5 Å². The van der Waals surface area contributed by atoms with E-state index in [1.54, 1.807) is 55.5 Å². The van der Waals surface area contributed by atoms with Crippen molar-refractivity contribution in [2.24, 2.45) is 0 Å². The van der Waals surface area contributed by atoms with Gasteiger partial charge in [-0.15, -0.1) is 0 Å². The third kappa shape index (κ3) is 6.71. The third-order valence-corrected chi connectivity index (χ3v) is 11.2. The largest absolute Gasteiger partial charge is 0.504 e. The van der Waals surface area contributed by atoms with Gasteiger partial charge in [-0.1, -0.05) is 122 Å². The molecule has 0 saturated heterocycles. The smallest absolute Gasteiger partial charge is 0.208 e. The number of allylic oxidation sites excluding steroid dienone is 2. The van der Waals surface area contributed by atoms with Crippen LogP contribution < -0.4 is 4.90 Å². The number of fused-ring (bicyclic) bond motifs is 1. The van der Waals surface area contributed by atoms with E-state index in [0.29, 0.717) is 39.8 Å². The average Bonchev–Trinajstić information content (AvgIpc) is 3.58. The third-order valence-electron chi connectivity index (χ3n) is 11.2. The first-order valence-electron chi connectivity index (χ1n) is 20.0. The summed E-state index contributed by atoms with van der Waals surface area (Å²) in [6, 6.07) is 24.5. The summed E-state index contributed by atoms with van der Waals surface area (Å²) >= 11 is 0. The van der Waals surface area contributed by atoms with E-state index in [9.17, 15) is 66.4 Å². The number of anilines is 3. The summed E-state index contributed by atoms with van der Waals surface area (Å²) in [7, 11) is 0. The maximum Gasteiger partial charge on any atom is 0.208 e. The molecule has 0 aliphatic heterocycles. The lowest BCUT2D eigenvalue weighted by Crippen LogP contribution is -2.13. The van der Waals surface area contributed by atoms with Gasteiger partial charge in [0, 0.05) is 12.0 Å². The van der Waals surface area contributed by atoms with Crippen molar-refractivity contribution in [3.63, 3.8) is 0 Å². The Morgan fingerprint density at radius 3 is 1.45 bits per heavy atom. The maximum absolute atomic E-state index is 12.0. The van der Waals surface area contributed by atoms with Gasteiger partial charge in [0.25, 0.3) is 0 Å². The minimum atomic E-state index is -1.56. The molecule has 0 radical (unpaired) electrons. The molecule has 0 fully saturated rings. The second-order valence-electron chi connectivity index (χ2n) is 15.0. The van der Waals surface area contributed by atoms with E-state index in [2.05, 4.69) is 18.4 Å². The maximum atomic E-state index is 12.0. The van der Waals surface area contributed by atoms with E-state index in [-0.39, 0.29) is 16.0 Å². The highest BCUT2D eigenvalue weighted by molar-refractivity contribution is 6.04. The molecular weight excluding hydrogens is 847 g/mol. The minimum absolute atomic E-state index is 0.0120. The van der Waals surface area contributed by atoms with Crippen molar-refractivity contribution in [3.8, 4) is 131 Å². The van der Waals surface area contributed by atoms with Gasteiger partial charge in [-0.05, 0) is 69.1 Å². The summed E-state index contributed by atoms with van der Waals surface area (Å²) in [6.45, 7) is 5.59. The highest BCUT2D eigenvalue weighted by Crippen LogP contribution is 2.68. The van der Waals surface area contributed by atoms with Crippen molar-refractivity contribution in [1.29, 1.82) is 0 Å². The molecule has 14 nitrogen and oxygen atoms in total. The van der Waals surface area contributed by atoms with E-state index < -0.39 is 103 Å². The number of nitrogens with zero attached hydrogens (tertiary/aromatic N) is 1. The van der Waals surface area contributed by atoms with Crippen LogP contribution in [0.4, 0.5) is 17.1 Å². The Hall–Kier alpha value is -9.48. The van der Waals surface area contributed by atoms with Crippen LogP contribution in [0.5, 0.6) is 74.7 Å². The van der Waals surface area contributed by atoms with Crippen LogP contribution in [0.2, 0.25) is 0 Å². The van der Waals surface area contributed by atoms with Gasteiger partial charge >= 0.3 is 0 Å². The molecule has 0 spiro atoms. The Kier molecular flexibility index (Phi) is 10.9. The zero-order valence-electron chi connectivity index (χ0n) is 34.6. The summed E-state index contributed by atoms with van der Waals surface area (Å²) in [5.74, 6) is -11.9. The highest BCUT2D eigenvalue weighted by atomic mass is 16.4. The molecule has 0 unspecified atom stereocenters. The predicted molar refractivity (Wildman–Crippen MR) is 250 cm³/mol. The van der Waals surface area contributed by atoms with Crippen molar-refractivity contribution < 1.29 is 66.4 Å². The predicted octanol–water partition coefficient (Wildman–Crippen LogP) is 10.4. The lowest BCUT2D eigenvalue weighted by molar-refractivity contribution is 0.329. The van der Waals surface area contributed by atoms with Crippen molar-refractivity contribution in [2.75, 3.05) is 4.90 Å². The van der Waals surface area contributed by atoms with Gasteiger partial charge in [-0.25, -0.2) is 0 Å². The van der Waals surface area contributed by atoms with Gasteiger partial charge in [-0.3, -0.25) is 4.90 Å². The molecule has 7 aromatic carbocycles. The van der Waals surface area contributed by atoms with Crippen LogP contribution in [0.3, 0.4) is 0 Å². The molecule has 66 heavy (non-hydrogen) atoms. The lowest BCUT2D eigenvalue weighted by Gasteiger charge is -2.31. The van der Waals surface area contributed by atoms with E-state index in [1.165, 1.54) is 18.2 Å². The number of phenols is 13. The SMILES string of the molecule is C=Cc1c2c(cc(-c3c(O)c(O)c(N(c4c(O)c(O)c(O)c(O)c4O)c4c(O)c(O)c(-c5ccc(-c6ccccc6)c(-c6ccccc6)c5)c(O)c4O)c(O)c3O)c1/C=C\C)C=CCC#C2. The summed E-state index contributed by atoms with van der Waals surface area (Å²) in [4.78, 5) is 0.108. The van der Waals surface area contributed by atoms with E-state index in [4.69, 9.17) is 0 Å². The zero-order valence-corrected chi connectivity index (χ0v) is 34.6. The Morgan fingerprint density at radius 2 is 0.955 bits per heavy atom. The van der Waals surface area contributed by atoms with Crippen molar-refractivity contribution in [1.82, 2.24) is 0 Å². The Labute approximate surface area is 375 Å². The Balaban J connectivity index is 1.43. The molecule has 0 bridgehead atoms. The van der Waals surface area contributed by atoms with Gasteiger partial charge in [-0.2, -0.15) is 0 Å². The fourth-order valence-electron chi connectivity index (χ4n) is 8.13. The molecule has 0 atom stereocenters. The molecule has 330 valence electrons. The highest BCUT2D eigenvalue weighted by Gasteiger charge is 2.40. The van der Waals surface area contributed by atoms with E-state index >= 15 is 0 Å². The molecule has 1 aliphatic rings. The van der Waals surface area contributed by atoms with Crippen LogP contribution in [0, 0.1) is 11.8 Å². The second kappa shape index (κ2) is 16.7. The Morgan fingerprint density at radius 1 is 0.485 bits per heavy atom. The lowest BCUT2D eigenvalue weighted by atomic mass is 9.87. The zero-order chi connectivity index (χ0) is 47.3. The molecule has 14 heteroatoms. The first kappa shape index (κ1) is 43.2. The van der Waals surface area contributed by atoms with Crippen LogP contribution in [-0.2, 0) is 0 Å². The van der Waals surface area contributed by atoms with Gasteiger partial charge in [0.15, 0.2) is 57.5 Å². The Bertz CT molecular complexity index is 3200. The van der Waals surface area contributed by atoms with Gasteiger partial charge in [0.05, 0.1) is 11.1 Å². The second-order valence-corrected chi connectivity index (χ2v) is 15.0. The molecule has 0 amide bonds. The van der Waals surface area contributed by atoms with Crippen LogP contribution in [0.1, 0.15) is 35.6 Å². The summed E-state index contributed by atoms with van der Waals surface area (Å²) in [5, 5.41) is 150. The minimum Gasteiger partial charge on any atom is -0.504 e. The van der Waals surface area contributed by atoms with Gasteiger partial charge in [0.2, 0.25) is 17.2 Å². The fourth-order valence-corrected chi connectivity index (χ4v) is 8.13. The molecule has 0 saturated carbocycles. The quantitative estimate of drug-likeness (QED) is 0.0365. The molecule has 7 aromatic rings. The topological polar surface area (TPSA) is 266 Å². The van der Waals surface area contributed by atoms with Crippen LogP contribution in [-0.4, -0.2) is 66.4 Å². The number of benzene rings is 7. The van der Waals surface area contributed by atoms with Crippen LogP contribution in [0.15, 0.2) is 104 Å². The summed E-state index contributed by atoms with van der Waals surface area (Å²) in [5.41, 5.74) is -0.447. The first-order valence-corrected chi connectivity index (χ1v) is 20.0. The number of aromatic hydroxyl groups is 13. The molecule has 0 heterocycles. The molecule has 8 rings (SSSR count). The number of rotatable bonds is 9. The summed E-state index contributed by atoms with van der Waals surface area (Å²) < 4.78 is 0. The molecule has 1 aliphatic carbocycles. The van der Waals surface area contributed by atoms with E-state index in [0.717, 1.165) is 11.1 Å². The monoisotopic (exact) mass is 885 g/mol. The van der Waals surface area contributed by atoms with Crippen molar-refractivity contribution >= 4 is 35.3 Å². The standard InChI is InChI=1S/C52H39NO13/c1-3-14-32-29(4-2)30-20-13-7-12-19-27(30)23-34(32)36-42(56)46(60)38(47(61)43(36)57)53(39-48(62)50(64)52(66)51(65)49(39)63)37-44(58)40(54)35(41(55)45(37)59)28-21-22-31(25-15-8-5-9-16-25)33(24-28)26-17-10-6-11-18-26/h3-6,8-12,14-19,21-24,54-66H,2,7H2,1H3/b14-3-. The van der Waals surface area contributed by atoms with Crippen molar-refractivity contribution in [2.45, 2.75) is 13.3 Å². The number of hydrogen-bond donors (Lipinski definition) is 13. The first-order chi connectivity index (χ1) is 31.6. The summed E-state index contributed by atoms with van der Waals surface area (Å²) in [6.07, 6.45) is 8.58. The number of hydrogen-bond acceptors (Lipinski definition) is 14. The van der Waals surface area contributed by atoms with Crippen LogP contribution >= 0.6 is 0 Å². The molecular formula is C52H39NO13. The van der Waals surface area contributed by atoms with Gasteiger partial charge < -0.3 is 66.4 Å². The molecule has 13 N–H and O–H groups in total. The average molecular weight is 886 g/mol. The molecule has 0 aromatic heterocycles. The van der Waals surface area contributed by atoms with Crippen LogP contribution in [0.25, 0.3) is 62.7 Å². The van der Waals surface area contributed by atoms with Gasteiger partial charge in [0.1, 0.15) is 17.1 Å². The fraction of sp³-hybridized carbons (Fsp3) is 0.0385. The normalized spacial score (nSPS) is 11.8.